The summed E-state index contributed by atoms with van der Waals surface area (Å²) in [5.74, 6) is 1.58. The Hall–Kier alpha value is -1.49. The Morgan fingerprint density at radius 3 is 2.38 bits per heavy atom. The van der Waals surface area contributed by atoms with Gasteiger partial charge >= 0.3 is 0 Å². The lowest BCUT2D eigenvalue weighted by atomic mass is 10.3. The molecule has 0 unspecified atom stereocenters. The Balaban J connectivity index is 2.02. The first-order chi connectivity index (χ1) is 12.4. The Labute approximate surface area is 158 Å². The first-order valence-electron chi connectivity index (χ1n) is 8.12. The molecule has 0 saturated carbocycles. The van der Waals surface area contributed by atoms with Crippen molar-refractivity contribution in [3.05, 3.63) is 18.2 Å². The number of aliphatic hydroxyl groups is 1. The summed E-state index contributed by atoms with van der Waals surface area (Å²) >= 11 is 1.37. The molecule has 0 radical (unpaired) electrons. The summed E-state index contributed by atoms with van der Waals surface area (Å²) in [6.07, 6.45) is 0. The number of ether oxygens (including phenoxy) is 2. The van der Waals surface area contributed by atoms with E-state index in [2.05, 4.69) is 0 Å². The fraction of sp³-hybridized carbons (Fsp3) is 0.562. The van der Waals surface area contributed by atoms with Crippen LogP contribution < -0.4 is 9.47 Å². The smallest absolute Gasteiger partial charge is 0.243 e. The van der Waals surface area contributed by atoms with Crippen molar-refractivity contribution in [2.45, 2.75) is 4.90 Å². The highest BCUT2D eigenvalue weighted by Crippen LogP contribution is 2.30. The molecule has 0 spiro atoms. The molecular formula is C16H24N2O6S2. The summed E-state index contributed by atoms with van der Waals surface area (Å²) in [5, 5.41) is 8.76. The van der Waals surface area contributed by atoms with E-state index in [9.17, 15) is 13.2 Å². The van der Waals surface area contributed by atoms with Crippen molar-refractivity contribution in [2.75, 3.05) is 58.5 Å². The van der Waals surface area contributed by atoms with Crippen LogP contribution in [0.1, 0.15) is 0 Å². The second kappa shape index (κ2) is 9.45. The second-order valence-corrected chi connectivity index (χ2v) is 8.62. The molecule has 1 heterocycles. The number of carbonyl (C=O) groups excluding carboxylic acids is 1. The number of sulfonamides is 1. The largest absolute Gasteiger partial charge is 0.493 e. The van der Waals surface area contributed by atoms with E-state index >= 15 is 0 Å². The fourth-order valence-electron chi connectivity index (χ4n) is 2.62. The minimum Gasteiger partial charge on any atom is -0.493 e. The van der Waals surface area contributed by atoms with Gasteiger partial charge in [0.05, 0.1) is 31.5 Å². The molecule has 1 aromatic rings. The Morgan fingerprint density at radius 1 is 1.15 bits per heavy atom. The van der Waals surface area contributed by atoms with E-state index in [1.807, 2.05) is 0 Å². The number of rotatable bonds is 8. The Kier molecular flexibility index (Phi) is 7.56. The third-order valence-corrected chi connectivity index (χ3v) is 6.86. The minimum atomic E-state index is -3.67. The molecule has 8 nitrogen and oxygen atoms in total. The summed E-state index contributed by atoms with van der Waals surface area (Å²) < 4.78 is 37.4. The van der Waals surface area contributed by atoms with Crippen LogP contribution in [-0.4, -0.2) is 87.1 Å². The number of methoxy groups -OCH3 is 2. The van der Waals surface area contributed by atoms with E-state index in [-0.39, 0.29) is 30.5 Å². The number of thioether (sulfide) groups is 1. The average molecular weight is 405 g/mol. The van der Waals surface area contributed by atoms with E-state index in [0.29, 0.717) is 36.1 Å². The lowest BCUT2D eigenvalue weighted by molar-refractivity contribution is -0.129. The molecule has 10 heteroatoms. The Bertz CT molecular complexity index is 717. The SMILES string of the molecule is COc1ccc(S(=O)(=O)N2CCN(C(=O)CSCCO)CC2)cc1OC. The minimum absolute atomic E-state index is 0.0355. The monoisotopic (exact) mass is 404 g/mol. The highest BCUT2D eigenvalue weighted by atomic mass is 32.2. The van der Waals surface area contributed by atoms with E-state index in [4.69, 9.17) is 14.6 Å². The van der Waals surface area contributed by atoms with Crippen LogP contribution in [0.25, 0.3) is 0 Å². The van der Waals surface area contributed by atoms with E-state index in [1.54, 1.807) is 11.0 Å². The van der Waals surface area contributed by atoms with Crippen LogP contribution in [0, 0.1) is 0 Å². The van der Waals surface area contributed by atoms with E-state index < -0.39 is 10.0 Å². The van der Waals surface area contributed by atoms with Crippen LogP contribution in [0.2, 0.25) is 0 Å². The number of aliphatic hydroxyl groups excluding tert-OH is 1. The third-order valence-electron chi connectivity index (χ3n) is 4.05. The molecule has 1 aliphatic heterocycles. The third kappa shape index (κ3) is 4.81. The van der Waals surface area contributed by atoms with Gasteiger partial charge < -0.3 is 19.5 Å². The molecular weight excluding hydrogens is 380 g/mol. The predicted molar refractivity (Wildman–Crippen MR) is 99.3 cm³/mol. The van der Waals surface area contributed by atoms with Gasteiger partial charge in [0.1, 0.15) is 0 Å². The number of hydrogen-bond acceptors (Lipinski definition) is 7. The number of carbonyl (C=O) groups is 1. The normalized spacial score (nSPS) is 15.7. The fourth-order valence-corrected chi connectivity index (χ4v) is 4.69. The van der Waals surface area contributed by atoms with Crippen LogP contribution in [0.5, 0.6) is 11.5 Å². The maximum atomic E-state index is 12.8. The van der Waals surface area contributed by atoms with Crippen LogP contribution in [0.3, 0.4) is 0 Å². The van der Waals surface area contributed by atoms with Gasteiger partial charge in [-0.25, -0.2) is 8.42 Å². The number of hydrogen-bond donors (Lipinski definition) is 1. The van der Waals surface area contributed by atoms with Gasteiger partial charge in [-0.05, 0) is 12.1 Å². The molecule has 1 aliphatic rings. The van der Waals surface area contributed by atoms with Crippen LogP contribution in [-0.2, 0) is 14.8 Å². The highest BCUT2D eigenvalue weighted by molar-refractivity contribution is 7.99. The van der Waals surface area contributed by atoms with Gasteiger partial charge in [-0.15, -0.1) is 11.8 Å². The molecule has 0 aromatic heterocycles. The van der Waals surface area contributed by atoms with Gasteiger partial charge in [0.15, 0.2) is 11.5 Å². The molecule has 1 fully saturated rings. The Morgan fingerprint density at radius 2 is 1.81 bits per heavy atom. The molecule has 0 aliphatic carbocycles. The predicted octanol–water partition coefficient (Wildman–Crippen LogP) is 0.262. The standard InChI is InChI=1S/C16H24N2O6S2/c1-23-14-4-3-13(11-15(14)24-2)26(21,22)18-7-5-17(6-8-18)16(20)12-25-10-9-19/h3-4,11,19H,5-10,12H2,1-2H3. The summed E-state index contributed by atoms with van der Waals surface area (Å²) in [7, 11) is -0.729. The van der Waals surface area contributed by atoms with Crippen LogP contribution >= 0.6 is 11.8 Å². The van der Waals surface area contributed by atoms with E-state index in [1.165, 1.54) is 42.4 Å². The van der Waals surface area contributed by atoms with Crippen LogP contribution in [0.4, 0.5) is 0 Å². The molecule has 26 heavy (non-hydrogen) atoms. The first-order valence-corrected chi connectivity index (χ1v) is 10.7. The van der Waals surface area contributed by atoms with Crippen molar-refractivity contribution in [3.63, 3.8) is 0 Å². The molecule has 1 saturated heterocycles. The summed E-state index contributed by atoms with van der Waals surface area (Å²) in [4.78, 5) is 13.9. The quantitative estimate of drug-likeness (QED) is 0.621. The van der Waals surface area contributed by atoms with Crippen LogP contribution in [0.15, 0.2) is 23.1 Å². The molecule has 1 aromatic carbocycles. The molecule has 0 bridgehead atoms. The van der Waals surface area contributed by atoms with Crippen molar-refractivity contribution in [3.8, 4) is 11.5 Å². The van der Waals surface area contributed by atoms with Crippen molar-refractivity contribution in [1.82, 2.24) is 9.21 Å². The van der Waals surface area contributed by atoms with Gasteiger partial charge in [0.2, 0.25) is 15.9 Å². The van der Waals surface area contributed by atoms with Crippen molar-refractivity contribution < 1.29 is 27.8 Å². The van der Waals surface area contributed by atoms with Crippen molar-refractivity contribution in [1.29, 1.82) is 0 Å². The first kappa shape index (κ1) is 20.8. The topological polar surface area (TPSA) is 96.4 Å². The zero-order valence-corrected chi connectivity index (χ0v) is 16.5. The van der Waals surface area contributed by atoms with Gasteiger partial charge in [0, 0.05) is 38.0 Å². The average Bonchev–Trinajstić information content (AvgIpc) is 2.67. The highest BCUT2D eigenvalue weighted by Gasteiger charge is 2.30. The molecule has 1 amide bonds. The molecule has 146 valence electrons. The number of nitrogens with zero attached hydrogens (tertiary/aromatic N) is 2. The second-order valence-electron chi connectivity index (χ2n) is 5.58. The van der Waals surface area contributed by atoms with E-state index in [0.717, 1.165) is 0 Å². The molecule has 2 rings (SSSR count). The lowest BCUT2D eigenvalue weighted by Gasteiger charge is -2.34. The van der Waals surface area contributed by atoms with Crippen molar-refractivity contribution in [2.24, 2.45) is 0 Å². The summed E-state index contributed by atoms with van der Waals surface area (Å²) in [6.45, 7) is 1.23. The van der Waals surface area contributed by atoms with Gasteiger partial charge in [0.25, 0.3) is 0 Å². The van der Waals surface area contributed by atoms with Gasteiger partial charge in [-0.3, -0.25) is 4.79 Å². The number of benzene rings is 1. The molecule has 1 N–H and O–H groups in total. The van der Waals surface area contributed by atoms with Gasteiger partial charge in [-0.2, -0.15) is 4.31 Å². The summed E-state index contributed by atoms with van der Waals surface area (Å²) in [6, 6.07) is 4.49. The number of amides is 1. The maximum Gasteiger partial charge on any atom is 0.243 e. The maximum absolute atomic E-state index is 12.8. The number of piperazine rings is 1. The zero-order valence-electron chi connectivity index (χ0n) is 14.9. The zero-order chi connectivity index (χ0) is 19.2. The molecule has 0 atom stereocenters. The lowest BCUT2D eigenvalue weighted by Crippen LogP contribution is -2.51. The van der Waals surface area contributed by atoms with Gasteiger partial charge in [-0.1, -0.05) is 0 Å². The van der Waals surface area contributed by atoms with Crippen molar-refractivity contribution >= 4 is 27.7 Å². The summed E-state index contributed by atoms with van der Waals surface area (Å²) in [5.41, 5.74) is 0.